The smallest absolute Gasteiger partial charge is 0.330 e. The SMILES string of the molecule is Cc1cn([C@@H]2C[C@H](OS(C)(=O)=O)[C@H](COC(c3ccccc3)(c3ccccc3)c3ccccc3)O2)c(=O)[nH]c1=O. The molecule has 1 aliphatic heterocycles. The molecule has 1 saturated heterocycles. The molecule has 10 heteroatoms. The molecule has 1 fully saturated rings. The Bertz CT molecular complexity index is 1570. The highest BCUT2D eigenvalue weighted by molar-refractivity contribution is 7.86. The Kier molecular flexibility index (Phi) is 7.86. The number of ether oxygens (including phenoxy) is 2. The molecular weight excluding hydrogens is 532 g/mol. The van der Waals surface area contributed by atoms with E-state index in [1.165, 1.54) is 10.8 Å². The summed E-state index contributed by atoms with van der Waals surface area (Å²) in [6.45, 7) is 1.51. The van der Waals surface area contributed by atoms with Crippen molar-refractivity contribution in [3.8, 4) is 0 Å². The van der Waals surface area contributed by atoms with E-state index in [0.29, 0.717) is 5.56 Å². The minimum absolute atomic E-state index is 0.0570. The lowest BCUT2D eigenvalue weighted by Gasteiger charge is -2.37. The summed E-state index contributed by atoms with van der Waals surface area (Å²) < 4.78 is 44.0. The number of aromatic amines is 1. The van der Waals surface area contributed by atoms with Gasteiger partial charge in [0.25, 0.3) is 15.7 Å². The summed E-state index contributed by atoms with van der Waals surface area (Å²) >= 11 is 0. The van der Waals surface area contributed by atoms with Crippen LogP contribution in [0, 0.1) is 6.92 Å². The molecule has 1 N–H and O–H groups in total. The number of rotatable bonds is 9. The van der Waals surface area contributed by atoms with Crippen LogP contribution in [0.2, 0.25) is 0 Å². The van der Waals surface area contributed by atoms with Gasteiger partial charge in [-0.05, 0) is 23.6 Å². The first-order chi connectivity index (χ1) is 19.2. The molecule has 1 aromatic heterocycles. The van der Waals surface area contributed by atoms with Crippen molar-refractivity contribution in [1.82, 2.24) is 9.55 Å². The Morgan fingerprint density at radius 1 is 0.900 bits per heavy atom. The molecule has 40 heavy (non-hydrogen) atoms. The fourth-order valence-corrected chi connectivity index (χ4v) is 5.77. The Balaban J connectivity index is 1.56. The number of aromatic nitrogens is 2. The molecule has 1 aliphatic rings. The van der Waals surface area contributed by atoms with E-state index >= 15 is 0 Å². The zero-order valence-corrected chi connectivity index (χ0v) is 22.9. The van der Waals surface area contributed by atoms with E-state index in [1.807, 2.05) is 91.0 Å². The second-order valence-corrected chi connectivity index (χ2v) is 11.4. The lowest BCUT2D eigenvalue weighted by atomic mass is 9.80. The number of hydrogen-bond acceptors (Lipinski definition) is 7. The summed E-state index contributed by atoms with van der Waals surface area (Å²) in [5, 5.41) is 0. The monoisotopic (exact) mass is 562 g/mol. The molecule has 0 saturated carbocycles. The highest BCUT2D eigenvalue weighted by Crippen LogP contribution is 2.42. The van der Waals surface area contributed by atoms with Crippen LogP contribution in [-0.4, -0.2) is 43.0 Å². The molecule has 2 heterocycles. The van der Waals surface area contributed by atoms with Crippen molar-refractivity contribution in [2.45, 2.75) is 37.4 Å². The van der Waals surface area contributed by atoms with Crippen LogP contribution in [0.25, 0.3) is 0 Å². The van der Waals surface area contributed by atoms with Crippen molar-refractivity contribution < 1.29 is 22.1 Å². The molecule has 3 aromatic carbocycles. The van der Waals surface area contributed by atoms with Crippen molar-refractivity contribution in [3.63, 3.8) is 0 Å². The van der Waals surface area contributed by atoms with E-state index in [-0.39, 0.29) is 13.0 Å². The minimum Gasteiger partial charge on any atom is -0.358 e. The lowest BCUT2D eigenvalue weighted by molar-refractivity contribution is -0.0910. The van der Waals surface area contributed by atoms with Crippen LogP contribution in [-0.2, 0) is 29.4 Å². The Hall–Kier alpha value is -3.83. The lowest BCUT2D eigenvalue weighted by Crippen LogP contribution is -2.39. The van der Waals surface area contributed by atoms with Crippen LogP contribution in [0.5, 0.6) is 0 Å². The number of nitrogens with one attached hydrogen (secondary N) is 1. The van der Waals surface area contributed by atoms with Crippen LogP contribution in [0.15, 0.2) is 107 Å². The van der Waals surface area contributed by atoms with E-state index in [4.69, 9.17) is 13.7 Å². The molecule has 0 amide bonds. The molecule has 208 valence electrons. The zero-order chi connectivity index (χ0) is 28.3. The molecule has 9 nitrogen and oxygen atoms in total. The Morgan fingerprint density at radius 2 is 1.40 bits per heavy atom. The summed E-state index contributed by atoms with van der Waals surface area (Å²) in [4.78, 5) is 26.8. The predicted molar refractivity (Wildman–Crippen MR) is 149 cm³/mol. The second-order valence-electron chi connectivity index (χ2n) is 9.77. The predicted octanol–water partition coefficient (Wildman–Crippen LogP) is 3.49. The van der Waals surface area contributed by atoms with Crippen molar-refractivity contribution in [3.05, 3.63) is 140 Å². The Labute approximate surface area is 232 Å². The number of benzene rings is 3. The quantitative estimate of drug-likeness (QED) is 0.245. The zero-order valence-electron chi connectivity index (χ0n) is 22.1. The minimum atomic E-state index is -3.86. The van der Waals surface area contributed by atoms with Gasteiger partial charge >= 0.3 is 5.69 Å². The fourth-order valence-electron chi connectivity index (χ4n) is 5.12. The van der Waals surface area contributed by atoms with Gasteiger partial charge in [-0.25, -0.2) is 4.79 Å². The maximum absolute atomic E-state index is 12.6. The van der Waals surface area contributed by atoms with E-state index in [2.05, 4.69) is 4.98 Å². The van der Waals surface area contributed by atoms with Crippen molar-refractivity contribution in [2.75, 3.05) is 12.9 Å². The topological polar surface area (TPSA) is 117 Å². The van der Waals surface area contributed by atoms with Gasteiger partial charge in [0.05, 0.1) is 12.9 Å². The molecule has 0 spiro atoms. The van der Waals surface area contributed by atoms with Gasteiger partial charge < -0.3 is 9.47 Å². The number of nitrogens with zero attached hydrogens (tertiary/aromatic N) is 1. The largest absolute Gasteiger partial charge is 0.358 e. The van der Waals surface area contributed by atoms with Crippen LogP contribution >= 0.6 is 0 Å². The molecule has 0 bridgehead atoms. The Morgan fingerprint density at radius 3 is 1.88 bits per heavy atom. The van der Waals surface area contributed by atoms with Gasteiger partial charge in [-0.3, -0.25) is 18.5 Å². The normalized spacial score (nSPS) is 19.5. The third-order valence-corrected chi connectivity index (χ3v) is 7.54. The summed E-state index contributed by atoms with van der Waals surface area (Å²) in [5.41, 5.74) is 0.709. The maximum Gasteiger partial charge on any atom is 0.330 e. The van der Waals surface area contributed by atoms with Crippen molar-refractivity contribution in [2.24, 2.45) is 0 Å². The van der Waals surface area contributed by atoms with Crippen LogP contribution < -0.4 is 11.2 Å². The number of H-pyrrole nitrogens is 1. The molecule has 0 aliphatic carbocycles. The van der Waals surface area contributed by atoms with E-state index < -0.39 is 45.4 Å². The molecular formula is C30H30N2O7S. The van der Waals surface area contributed by atoms with Gasteiger partial charge in [0.15, 0.2) is 0 Å². The third-order valence-electron chi connectivity index (χ3n) is 6.94. The van der Waals surface area contributed by atoms with Crippen molar-refractivity contribution in [1.29, 1.82) is 0 Å². The number of hydrogen-bond donors (Lipinski definition) is 1. The van der Waals surface area contributed by atoms with Crippen LogP contribution in [0.4, 0.5) is 0 Å². The summed E-state index contributed by atoms with van der Waals surface area (Å²) in [7, 11) is -3.86. The van der Waals surface area contributed by atoms with Gasteiger partial charge in [0, 0.05) is 18.2 Å². The standard InChI is InChI=1S/C30H30N2O7S/c1-21-19-32(29(34)31-28(21)33)27-18-25(39-40(2,35)36)26(38-27)20-37-30(22-12-6-3-7-13-22,23-14-8-4-9-15-23)24-16-10-5-11-17-24/h3-17,19,25-27H,18,20H2,1-2H3,(H,31,33,34)/t25-,26-,27-/m0/s1. The molecule has 0 radical (unpaired) electrons. The van der Waals surface area contributed by atoms with Crippen LogP contribution in [0.1, 0.15) is 34.9 Å². The molecule has 0 unspecified atom stereocenters. The third kappa shape index (κ3) is 5.71. The van der Waals surface area contributed by atoms with E-state index in [1.54, 1.807) is 6.92 Å². The van der Waals surface area contributed by atoms with Gasteiger partial charge in [0.2, 0.25) is 0 Å². The average Bonchev–Trinajstić information content (AvgIpc) is 3.33. The first-order valence-electron chi connectivity index (χ1n) is 12.8. The van der Waals surface area contributed by atoms with Gasteiger partial charge in [-0.1, -0.05) is 91.0 Å². The van der Waals surface area contributed by atoms with E-state index in [0.717, 1.165) is 22.9 Å². The first-order valence-corrected chi connectivity index (χ1v) is 14.7. The van der Waals surface area contributed by atoms with Crippen molar-refractivity contribution >= 4 is 10.1 Å². The average molecular weight is 563 g/mol. The van der Waals surface area contributed by atoms with Gasteiger partial charge in [0.1, 0.15) is 24.0 Å². The van der Waals surface area contributed by atoms with E-state index in [9.17, 15) is 18.0 Å². The molecule has 4 aromatic rings. The summed E-state index contributed by atoms with van der Waals surface area (Å²) in [5.74, 6) is 0. The van der Waals surface area contributed by atoms with Gasteiger partial charge in [-0.15, -0.1) is 0 Å². The summed E-state index contributed by atoms with van der Waals surface area (Å²) in [6, 6.07) is 29.2. The molecule has 3 atom stereocenters. The highest BCUT2D eigenvalue weighted by Gasteiger charge is 2.44. The number of aryl methyl sites for hydroxylation is 1. The summed E-state index contributed by atoms with van der Waals surface area (Å²) in [6.07, 6.45) is -0.232. The fraction of sp³-hybridized carbons (Fsp3) is 0.267. The van der Waals surface area contributed by atoms with Crippen LogP contribution in [0.3, 0.4) is 0 Å². The second kappa shape index (κ2) is 11.3. The molecule has 5 rings (SSSR count). The first kappa shape index (κ1) is 27.7. The van der Waals surface area contributed by atoms with Gasteiger partial charge in [-0.2, -0.15) is 8.42 Å². The maximum atomic E-state index is 12.6. The highest BCUT2D eigenvalue weighted by atomic mass is 32.2.